The molecular formula is C17H16F2S. The van der Waals surface area contributed by atoms with E-state index in [9.17, 15) is 8.78 Å². The summed E-state index contributed by atoms with van der Waals surface area (Å²) in [6, 6.07) is 10.4. The normalized spacial score (nSPS) is 17.6. The highest BCUT2D eigenvalue weighted by atomic mass is 32.2. The summed E-state index contributed by atoms with van der Waals surface area (Å²) in [6.45, 7) is 4.20. The van der Waals surface area contributed by atoms with Gasteiger partial charge in [-0.1, -0.05) is 38.1 Å². The zero-order valence-electron chi connectivity index (χ0n) is 11.5. The van der Waals surface area contributed by atoms with E-state index in [1.807, 2.05) is 12.1 Å². The molecule has 1 aliphatic heterocycles. The number of fused-ring (bicyclic) bond motifs is 2. The molecule has 104 valence electrons. The lowest BCUT2D eigenvalue weighted by Gasteiger charge is -2.23. The van der Waals surface area contributed by atoms with Gasteiger partial charge in [0.1, 0.15) is 11.6 Å². The van der Waals surface area contributed by atoms with Crippen LogP contribution in [-0.4, -0.2) is 0 Å². The summed E-state index contributed by atoms with van der Waals surface area (Å²) in [4.78, 5) is 0.668. The van der Waals surface area contributed by atoms with Crippen LogP contribution in [-0.2, 0) is 5.75 Å². The number of hydrogen-bond acceptors (Lipinski definition) is 1. The minimum atomic E-state index is -0.202. The summed E-state index contributed by atoms with van der Waals surface area (Å²) >= 11 is 1.40. The molecule has 0 N–H and O–H groups in total. The Kier molecular flexibility index (Phi) is 3.55. The Morgan fingerprint density at radius 1 is 1.00 bits per heavy atom. The molecule has 0 aliphatic carbocycles. The lowest BCUT2D eigenvalue weighted by molar-refractivity contribution is 0.534. The van der Waals surface area contributed by atoms with E-state index in [2.05, 4.69) is 13.8 Å². The molecule has 1 unspecified atom stereocenters. The Balaban J connectivity index is 2.27. The van der Waals surface area contributed by atoms with Gasteiger partial charge < -0.3 is 0 Å². The summed E-state index contributed by atoms with van der Waals surface area (Å²) in [5, 5.41) is 0. The molecule has 0 saturated heterocycles. The van der Waals surface area contributed by atoms with Crippen LogP contribution in [0, 0.1) is 17.6 Å². The molecule has 1 atom stereocenters. The van der Waals surface area contributed by atoms with Crippen molar-refractivity contribution in [2.75, 3.05) is 0 Å². The Morgan fingerprint density at radius 2 is 1.65 bits per heavy atom. The van der Waals surface area contributed by atoms with Crippen molar-refractivity contribution in [1.82, 2.24) is 0 Å². The average molecular weight is 290 g/mol. The molecule has 1 heterocycles. The molecular weight excluding hydrogens is 274 g/mol. The predicted molar refractivity (Wildman–Crippen MR) is 79.0 cm³/mol. The van der Waals surface area contributed by atoms with Gasteiger partial charge in [0.15, 0.2) is 0 Å². The lowest BCUT2D eigenvalue weighted by Crippen LogP contribution is -2.11. The van der Waals surface area contributed by atoms with E-state index >= 15 is 0 Å². The zero-order chi connectivity index (χ0) is 14.3. The minimum absolute atomic E-state index is 0.0430. The van der Waals surface area contributed by atoms with Gasteiger partial charge in [-0.25, -0.2) is 8.78 Å². The van der Waals surface area contributed by atoms with E-state index in [-0.39, 0.29) is 23.5 Å². The van der Waals surface area contributed by atoms with Gasteiger partial charge in [0, 0.05) is 22.1 Å². The maximum Gasteiger partial charge on any atom is 0.137 e. The summed E-state index contributed by atoms with van der Waals surface area (Å²) < 4.78 is 28.2. The van der Waals surface area contributed by atoms with Crippen molar-refractivity contribution in [3.63, 3.8) is 0 Å². The first-order chi connectivity index (χ1) is 9.59. The van der Waals surface area contributed by atoms with E-state index in [4.69, 9.17) is 0 Å². The van der Waals surface area contributed by atoms with Gasteiger partial charge in [0.2, 0.25) is 0 Å². The van der Waals surface area contributed by atoms with Crippen LogP contribution < -0.4 is 0 Å². The predicted octanol–water partition coefficient (Wildman–Crippen LogP) is 5.36. The third-order valence-corrected chi connectivity index (χ3v) is 5.00. The molecule has 0 aromatic heterocycles. The van der Waals surface area contributed by atoms with Gasteiger partial charge in [-0.05, 0) is 29.2 Å². The summed E-state index contributed by atoms with van der Waals surface area (Å²) in [6.07, 6.45) is 0. The second-order valence-electron chi connectivity index (χ2n) is 5.48. The molecule has 3 rings (SSSR count). The fourth-order valence-corrected chi connectivity index (χ4v) is 4.13. The quantitative estimate of drug-likeness (QED) is 0.681. The lowest BCUT2D eigenvalue weighted by atomic mass is 9.80. The third kappa shape index (κ3) is 2.14. The highest BCUT2D eigenvalue weighted by molar-refractivity contribution is 7.98. The minimum Gasteiger partial charge on any atom is -0.207 e. The van der Waals surface area contributed by atoms with Crippen molar-refractivity contribution in [2.45, 2.75) is 30.4 Å². The van der Waals surface area contributed by atoms with E-state index < -0.39 is 0 Å². The largest absolute Gasteiger partial charge is 0.207 e. The topological polar surface area (TPSA) is 0 Å². The van der Waals surface area contributed by atoms with Gasteiger partial charge in [-0.15, -0.1) is 11.8 Å². The van der Waals surface area contributed by atoms with Gasteiger partial charge in [0.25, 0.3) is 0 Å². The summed E-state index contributed by atoms with van der Waals surface area (Å²) in [5.74, 6) is 0.426. The van der Waals surface area contributed by atoms with Crippen LogP contribution in [0.5, 0.6) is 0 Å². The molecule has 0 spiro atoms. The molecule has 0 amide bonds. The number of hydrogen-bond donors (Lipinski definition) is 0. The van der Waals surface area contributed by atoms with Gasteiger partial charge in [0.05, 0.1) is 0 Å². The Morgan fingerprint density at radius 3 is 2.35 bits per heavy atom. The highest BCUT2D eigenvalue weighted by Crippen LogP contribution is 2.45. The van der Waals surface area contributed by atoms with Crippen molar-refractivity contribution in [2.24, 2.45) is 5.92 Å². The zero-order valence-corrected chi connectivity index (χ0v) is 12.3. The van der Waals surface area contributed by atoms with E-state index in [1.54, 1.807) is 12.1 Å². The van der Waals surface area contributed by atoms with Crippen LogP contribution in [0.1, 0.15) is 36.5 Å². The first-order valence-corrected chi connectivity index (χ1v) is 7.76. The molecule has 1 aliphatic rings. The van der Waals surface area contributed by atoms with Crippen LogP contribution in [0.25, 0.3) is 0 Å². The second-order valence-corrected chi connectivity index (χ2v) is 6.46. The van der Waals surface area contributed by atoms with Crippen molar-refractivity contribution >= 4 is 11.8 Å². The molecule has 2 aromatic carbocycles. The van der Waals surface area contributed by atoms with E-state index in [1.165, 1.54) is 23.9 Å². The van der Waals surface area contributed by atoms with Crippen molar-refractivity contribution in [3.8, 4) is 0 Å². The Bertz CT molecular complexity index is 596. The van der Waals surface area contributed by atoms with Crippen LogP contribution >= 0.6 is 11.8 Å². The molecule has 2 aromatic rings. The monoisotopic (exact) mass is 290 g/mol. The average Bonchev–Trinajstić information content (AvgIpc) is 2.57. The van der Waals surface area contributed by atoms with Crippen molar-refractivity contribution < 1.29 is 8.78 Å². The fraction of sp³-hybridized carbons (Fsp3) is 0.294. The first kappa shape index (κ1) is 13.6. The maximum absolute atomic E-state index is 14.1. The van der Waals surface area contributed by atoms with Gasteiger partial charge in [-0.3, -0.25) is 0 Å². The SMILES string of the molecule is CC(C)C1c2cccc(F)c2CSc2c(F)cccc21. The smallest absolute Gasteiger partial charge is 0.137 e. The molecule has 20 heavy (non-hydrogen) atoms. The number of rotatable bonds is 1. The molecule has 0 radical (unpaired) electrons. The number of thioether (sulfide) groups is 1. The van der Waals surface area contributed by atoms with Crippen LogP contribution in [0.15, 0.2) is 41.3 Å². The molecule has 0 fully saturated rings. The van der Waals surface area contributed by atoms with Crippen LogP contribution in [0.2, 0.25) is 0 Å². The highest BCUT2D eigenvalue weighted by Gasteiger charge is 2.29. The first-order valence-electron chi connectivity index (χ1n) is 6.78. The molecule has 0 saturated carbocycles. The van der Waals surface area contributed by atoms with E-state index in [0.29, 0.717) is 16.2 Å². The van der Waals surface area contributed by atoms with Crippen LogP contribution in [0.4, 0.5) is 8.78 Å². The van der Waals surface area contributed by atoms with Crippen molar-refractivity contribution in [1.29, 1.82) is 0 Å². The number of benzene rings is 2. The summed E-state index contributed by atoms with van der Waals surface area (Å²) in [5.41, 5.74) is 2.69. The fourth-order valence-electron chi connectivity index (χ4n) is 2.97. The van der Waals surface area contributed by atoms with Gasteiger partial charge in [-0.2, -0.15) is 0 Å². The van der Waals surface area contributed by atoms with Gasteiger partial charge >= 0.3 is 0 Å². The Labute approximate surface area is 122 Å². The van der Waals surface area contributed by atoms with E-state index in [0.717, 1.165) is 11.1 Å². The molecule has 0 nitrogen and oxygen atoms in total. The number of halogens is 2. The maximum atomic E-state index is 14.1. The Hall–Kier alpha value is -1.35. The summed E-state index contributed by atoms with van der Waals surface area (Å²) in [7, 11) is 0. The standard InChI is InChI=1S/C17H16F2S/c1-10(2)16-11-5-3-7-14(18)13(11)9-20-17-12(16)6-4-8-15(17)19/h3-8,10,16H,9H2,1-2H3. The molecule has 3 heteroatoms. The van der Waals surface area contributed by atoms with Crippen molar-refractivity contribution in [3.05, 3.63) is 64.7 Å². The second kappa shape index (κ2) is 5.21. The third-order valence-electron chi connectivity index (χ3n) is 3.85. The van der Waals surface area contributed by atoms with Crippen LogP contribution in [0.3, 0.4) is 0 Å². The molecule has 0 bridgehead atoms.